The first-order valence-corrected chi connectivity index (χ1v) is 12.1. The Morgan fingerprint density at radius 1 is 1.13 bits per heavy atom. The molecule has 0 saturated carbocycles. The summed E-state index contributed by atoms with van der Waals surface area (Å²) in [5.41, 5.74) is 0.532. The van der Waals surface area contributed by atoms with Crippen molar-refractivity contribution in [2.24, 2.45) is 5.92 Å². The second-order valence-corrected chi connectivity index (χ2v) is 10.6. The van der Waals surface area contributed by atoms with Gasteiger partial charge in [0, 0.05) is 19.0 Å². The highest BCUT2D eigenvalue weighted by Gasteiger charge is 2.32. The van der Waals surface area contributed by atoms with Crippen molar-refractivity contribution in [3.63, 3.8) is 0 Å². The number of fused-ring (bicyclic) bond motifs is 1. The number of amides is 1. The van der Waals surface area contributed by atoms with Crippen molar-refractivity contribution >= 4 is 65.8 Å². The van der Waals surface area contributed by atoms with Gasteiger partial charge < -0.3 is 5.32 Å². The number of thiazole rings is 1. The summed E-state index contributed by atoms with van der Waals surface area (Å²) in [7, 11) is -3.72. The number of piperidine rings is 1. The van der Waals surface area contributed by atoms with Gasteiger partial charge in [-0.15, -0.1) is 0 Å². The predicted molar refractivity (Wildman–Crippen MR) is 116 cm³/mol. The van der Waals surface area contributed by atoms with E-state index in [-0.39, 0.29) is 29.8 Å². The quantitative estimate of drug-likeness (QED) is 0.573. The first kappa shape index (κ1) is 21.5. The van der Waals surface area contributed by atoms with Crippen molar-refractivity contribution in [2.75, 3.05) is 18.4 Å². The minimum Gasteiger partial charge on any atom is -0.302 e. The van der Waals surface area contributed by atoms with Crippen LogP contribution in [0.3, 0.4) is 0 Å². The summed E-state index contributed by atoms with van der Waals surface area (Å²) in [6.07, 6.45) is 0.757. The van der Waals surface area contributed by atoms with Crippen LogP contribution in [0.1, 0.15) is 12.8 Å². The van der Waals surface area contributed by atoms with Crippen molar-refractivity contribution in [2.45, 2.75) is 17.7 Å². The zero-order valence-corrected chi connectivity index (χ0v) is 18.6. The Kier molecular flexibility index (Phi) is 6.00. The molecule has 1 amide bonds. The Bertz CT molecular complexity index is 1210. The van der Waals surface area contributed by atoms with Crippen molar-refractivity contribution < 1.29 is 17.6 Å². The van der Waals surface area contributed by atoms with Crippen molar-refractivity contribution in [3.8, 4) is 0 Å². The number of carbonyl (C=O) groups is 1. The fourth-order valence-electron chi connectivity index (χ4n) is 3.31. The lowest BCUT2D eigenvalue weighted by molar-refractivity contribution is -0.120. The Balaban J connectivity index is 1.41. The summed E-state index contributed by atoms with van der Waals surface area (Å²) in [6.45, 7) is 0.415. The molecule has 1 aliphatic rings. The van der Waals surface area contributed by atoms with Crippen LogP contribution in [0.2, 0.25) is 10.0 Å². The molecule has 1 fully saturated rings. The Hall–Kier alpha value is -1.78. The number of benzene rings is 2. The molecule has 0 unspecified atom stereocenters. The molecule has 3 aromatic rings. The lowest BCUT2D eigenvalue weighted by Crippen LogP contribution is -2.41. The number of halogens is 3. The van der Waals surface area contributed by atoms with Gasteiger partial charge >= 0.3 is 0 Å². The third-order valence-electron chi connectivity index (χ3n) is 4.96. The maximum absolute atomic E-state index is 13.1. The summed E-state index contributed by atoms with van der Waals surface area (Å²) >= 11 is 13.5. The van der Waals surface area contributed by atoms with E-state index in [9.17, 15) is 17.6 Å². The molecule has 2 heterocycles. The highest BCUT2D eigenvalue weighted by Crippen LogP contribution is 2.35. The van der Waals surface area contributed by atoms with Gasteiger partial charge in [0.05, 0.1) is 19.6 Å². The minimum atomic E-state index is -3.72. The molecule has 4 rings (SSSR count). The SMILES string of the molecule is O=C(Nc1nc2c(Cl)c(Cl)ccc2s1)C1CCN(S(=O)(=O)c2ccc(F)cc2)CC1. The molecule has 1 N–H and O–H groups in total. The number of hydrogen-bond donors (Lipinski definition) is 1. The lowest BCUT2D eigenvalue weighted by atomic mass is 9.97. The van der Waals surface area contributed by atoms with Crippen LogP contribution in [0.5, 0.6) is 0 Å². The Morgan fingerprint density at radius 2 is 1.80 bits per heavy atom. The van der Waals surface area contributed by atoms with Gasteiger partial charge in [0.25, 0.3) is 0 Å². The molecule has 11 heteroatoms. The van der Waals surface area contributed by atoms with Crippen LogP contribution >= 0.6 is 34.5 Å². The minimum absolute atomic E-state index is 0.0387. The summed E-state index contributed by atoms with van der Waals surface area (Å²) < 4.78 is 40.6. The molecule has 0 radical (unpaired) electrons. The van der Waals surface area contributed by atoms with Gasteiger partial charge in [0.1, 0.15) is 11.3 Å². The van der Waals surface area contributed by atoms with Crippen LogP contribution in [0.15, 0.2) is 41.3 Å². The maximum atomic E-state index is 13.1. The lowest BCUT2D eigenvalue weighted by Gasteiger charge is -2.30. The molecule has 1 aliphatic heterocycles. The molecule has 2 aromatic carbocycles. The van der Waals surface area contributed by atoms with E-state index in [2.05, 4.69) is 10.3 Å². The largest absolute Gasteiger partial charge is 0.302 e. The maximum Gasteiger partial charge on any atom is 0.243 e. The summed E-state index contributed by atoms with van der Waals surface area (Å²) in [6, 6.07) is 8.18. The van der Waals surface area contributed by atoms with E-state index in [1.54, 1.807) is 12.1 Å². The van der Waals surface area contributed by atoms with Crippen LogP contribution in [-0.4, -0.2) is 36.7 Å². The predicted octanol–water partition coefficient (Wildman–Crippen LogP) is 4.78. The van der Waals surface area contributed by atoms with E-state index in [0.717, 1.165) is 16.8 Å². The smallest absolute Gasteiger partial charge is 0.243 e. The van der Waals surface area contributed by atoms with Crippen LogP contribution in [0.4, 0.5) is 9.52 Å². The van der Waals surface area contributed by atoms with E-state index in [0.29, 0.717) is 33.5 Å². The number of nitrogens with one attached hydrogen (secondary N) is 1. The molecular formula is C19H16Cl2FN3O3S2. The van der Waals surface area contributed by atoms with Gasteiger partial charge in [-0.1, -0.05) is 34.5 Å². The normalized spacial score (nSPS) is 16.1. The number of nitrogens with zero attached hydrogens (tertiary/aromatic N) is 2. The van der Waals surface area contributed by atoms with Crippen LogP contribution in [0.25, 0.3) is 10.2 Å². The molecule has 0 spiro atoms. The second kappa shape index (κ2) is 8.39. The number of hydrogen-bond acceptors (Lipinski definition) is 5. The highest BCUT2D eigenvalue weighted by molar-refractivity contribution is 7.89. The molecule has 6 nitrogen and oxygen atoms in total. The molecule has 0 bridgehead atoms. The average molecular weight is 488 g/mol. The molecule has 30 heavy (non-hydrogen) atoms. The number of rotatable bonds is 4. The third kappa shape index (κ3) is 4.17. The van der Waals surface area contributed by atoms with Gasteiger partial charge in [0.15, 0.2) is 5.13 Å². The first-order chi connectivity index (χ1) is 14.3. The topological polar surface area (TPSA) is 79.4 Å². The van der Waals surface area contributed by atoms with E-state index in [1.165, 1.54) is 27.8 Å². The van der Waals surface area contributed by atoms with Crippen molar-refractivity contribution in [1.29, 1.82) is 0 Å². The summed E-state index contributed by atoms with van der Waals surface area (Å²) in [5.74, 6) is -1.05. The highest BCUT2D eigenvalue weighted by atomic mass is 35.5. The fourth-order valence-corrected chi connectivity index (χ4v) is 6.07. The molecule has 1 aromatic heterocycles. The van der Waals surface area contributed by atoms with Gasteiger partial charge in [-0.25, -0.2) is 17.8 Å². The van der Waals surface area contributed by atoms with Gasteiger partial charge in [-0.2, -0.15) is 4.31 Å². The van der Waals surface area contributed by atoms with Crippen molar-refractivity contribution in [3.05, 3.63) is 52.3 Å². The van der Waals surface area contributed by atoms with E-state index >= 15 is 0 Å². The van der Waals surface area contributed by atoms with E-state index in [1.807, 2.05) is 0 Å². The number of anilines is 1. The van der Waals surface area contributed by atoms with Crippen LogP contribution in [-0.2, 0) is 14.8 Å². The van der Waals surface area contributed by atoms with Gasteiger partial charge in [-0.3, -0.25) is 4.79 Å². The zero-order chi connectivity index (χ0) is 21.5. The van der Waals surface area contributed by atoms with Crippen molar-refractivity contribution in [1.82, 2.24) is 9.29 Å². The zero-order valence-electron chi connectivity index (χ0n) is 15.4. The molecule has 1 saturated heterocycles. The molecule has 158 valence electrons. The standard InChI is InChI=1S/C19H16Cl2FN3O3S2/c20-14-5-6-15-17(16(14)21)23-19(29-15)24-18(26)11-7-9-25(10-8-11)30(27,28)13-3-1-12(22)2-4-13/h1-6,11H,7-10H2,(H,23,24,26). The van der Waals surface area contributed by atoms with Crippen LogP contribution < -0.4 is 5.32 Å². The second-order valence-electron chi connectivity index (χ2n) is 6.85. The molecule has 0 atom stereocenters. The van der Waals surface area contributed by atoms with E-state index < -0.39 is 15.8 Å². The number of sulfonamides is 1. The number of aromatic nitrogens is 1. The van der Waals surface area contributed by atoms with Crippen LogP contribution in [0, 0.1) is 11.7 Å². The Morgan fingerprint density at radius 3 is 2.47 bits per heavy atom. The first-order valence-electron chi connectivity index (χ1n) is 9.07. The van der Waals surface area contributed by atoms with Gasteiger partial charge in [-0.05, 0) is 49.2 Å². The van der Waals surface area contributed by atoms with Gasteiger partial charge in [0.2, 0.25) is 15.9 Å². The summed E-state index contributed by atoms with van der Waals surface area (Å²) in [4.78, 5) is 17.0. The average Bonchev–Trinajstić information content (AvgIpc) is 3.14. The third-order valence-corrected chi connectivity index (χ3v) is 8.60. The van der Waals surface area contributed by atoms with E-state index in [4.69, 9.17) is 23.2 Å². The Labute approximate surface area is 186 Å². The molecular weight excluding hydrogens is 472 g/mol. The molecule has 0 aliphatic carbocycles. The fraction of sp³-hybridized carbons (Fsp3) is 0.263. The summed E-state index contributed by atoms with van der Waals surface area (Å²) in [5, 5.41) is 3.94. The number of carbonyl (C=O) groups excluding carboxylic acids is 1. The monoisotopic (exact) mass is 487 g/mol.